The summed E-state index contributed by atoms with van der Waals surface area (Å²) in [5.74, 6) is -1.78. The molecule has 0 bridgehead atoms. The third-order valence-electron chi connectivity index (χ3n) is 8.02. The zero-order valence-corrected chi connectivity index (χ0v) is 34.1. The van der Waals surface area contributed by atoms with Gasteiger partial charge in [-0.1, -0.05) is 106 Å². The third-order valence-corrected chi connectivity index (χ3v) is 9.04. The van der Waals surface area contributed by atoms with Gasteiger partial charge in [0.1, 0.15) is 5.58 Å². The molecule has 0 fully saturated rings. The van der Waals surface area contributed by atoms with Gasteiger partial charge in [-0.2, -0.15) is 0 Å². The van der Waals surface area contributed by atoms with Crippen LogP contribution in [0.2, 0.25) is 19.6 Å². The molecule has 0 saturated heterocycles. The Balaban J connectivity index is 0.000000324. The Morgan fingerprint density at radius 1 is 0.704 bits per heavy atom. The molecule has 3 nitrogen and oxygen atoms in total. The van der Waals surface area contributed by atoms with E-state index in [0.717, 1.165) is 12.3 Å². The van der Waals surface area contributed by atoms with E-state index in [4.69, 9.17) is 34.6 Å². The predicted molar refractivity (Wildman–Crippen MR) is 228 cm³/mol. The molecule has 281 valence electrons. The number of hydrogen-bond donors (Lipinski definition) is 0. The first-order chi connectivity index (χ1) is 33.8. The molecule has 7 rings (SSSR count). The Kier molecular flexibility index (Phi) is 6.24. The SMILES string of the molecule is [2H]C([2H])([2H])c1c[c-]c(-c2cc(C([2H])([2H])[Si](C)(C)C)c(C([2H])([2H])[2H])cn2)cc1.[2H]C([2H])([2H])c1cc(C([2H])([2H])[2H])c2oc3c(-c4cc(-c5ccc(C([2H])([2H])C(C)(C)C)cc5C([2H])([2H])[2H])c(C([2H])([2H])[2H])cn4)[c-]ccc3c2c1.[Ir]. The van der Waals surface area contributed by atoms with Gasteiger partial charge in [0.25, 0.3) is 0 Å². The summed E-state index contributed by atoms with van der Waals surface area (Å²) in [6, 6.07) is 22.7. The van der Waals surface area contributed by atoms with Gasteiger partial charge in [0.15, 0.2) is 0 Å². The van der Waals surface area contributed by atoms with Crippen molar-refractivity contribution in [3.63, 3.8) is 0 Å². The van der Waals surface area contributed by atoms with E-state index in [1.54, 1.807) is 32.9 Å². The molecule has 3 heterocycles. The van der Waals surface area contributed by atoms with Crippen molar-refractivity contribution in [3.05, 3.63) is 142 Å². The van der Waals surface area contributed by atoms with E-state index in [1.807, 2.05) is 19.6 Å². The van der Waals surface area contributed by atoms with E-state index in [1.165, 1.54) is 60.8 Å². The molecule has 0 amide bonds. The fourth-order valence-electron chi connectivity index (χ4n) is 5.83. The first-order valence-electron chi connectivity index (χ1n) is 27.9. The van der Waals surface area contributed by atoms with Gasteiger partial charge < -0.3 is 14.4 Å². The van der Waals surface area contributed by atoms with E-state index < -0.39 is 67.0 Å². The van der Waals surface area contributed by atoms with E-state index in [0.29, 0.717) is 16.6 Å². The van der Waals surface area contributed by atoms with Crippen molar-refractivity contribution in [2.24, 2.45) is 5.41 Å². The second-order valence-electron chi connectivity index (χ2n) is 14.8. The predicted octanol–water partition coefficient (Wildman–Crippen LogP) is 13.5. The van der Waals surface area contributed by atoms with E-state index in [9.17, 15) is 0 Å². The zero-order chi connectivity index (χ0) is 56.8. The van der Waals surface area contributed by atoms with Crippen LogP contribution in [0, 0.1) is 58.7 Å². The maximum Gasteiger partial charge on any atom is 0.123 e. The van der Waals surface area contributed by atoms with Crippen molar-refractivity contribution in [2.75, 3.05) is 0 Å². The van der Waals surface area contributed by atoms with Crippen LogP contribution in [0.5, 0.6) is 0 Å². The second-order valence-corrected chi connectivity index (χ2v) is 19.6. The van der Waals surface area contributed by atoms with Crippen LogP contribution in [0.3, 0.4) is 0 Å². The summed E-state index contributed by atoms with van der Waals surface area (Å²) in [7, 11) is -2.42. The van der Waals surface area contributed by atoms with Crippen LogP contribution in [-0.4, -0.2) is 18.0 Å². The van der Waals surface area contributed by atoms with Crippen molar-refractivity contribution >= 4 is 30.0 Å². The molecular weight excluding hydrogens is 853 g/mol. The van der Waals surface area contributed by atoms with Gasteiger partial charge in [-0.3, -0.25) is 0 Å². The average molecular weight is 929 g/mol. The van der Waals surface area contributed by atoms with Crippen molar-refractivity contribution in [2.45, 2.75) is 93.9 Å². The molecular formula is C49H54IrN2OSi-2. The van der Waals surface area contributed by atoms with Crippen molar-refractivity contribution in [1.29, 1.82) is 0 Å². The Labute approximate surface area is 369 Å². The molecule has 0 atom stereocenters. The number of aromatic nitrogens is 2. The molecule has 1 radical (unpaired) electrons. The number of benzene rings is 4. The first-order valence-corrected chi connectivity index (χ1v) is 20.4. The molecule has 0 spiro atoms. The normalized spacial score (nSPS) is 19.7. The minimum Gasteiger partial charge on any atom is -0.500 e. The number of rotatable bonds is 6. The zero-order valence-electron chi connectivity index (χ0n) is 52.7. The molecule has 0 N–H and O–H groups in total. The Bertz CT molecular complexity index is 3260. The van der Waals surface area contributed by atoms with E-state index >= 15 is 0 Å². The van der Waals surface area contributed by atoms with Crippen LogP contribution in [-0.2, 0) is 32.5 Å². The molecule has 5 heteroatoms. The Morgan fingerprint density at radius 2 is 1.46 bits per heavy atom. The fourth-order valence-corrected chi connectivity index (χ4v) is 6.85. The summed E-state index contributed by atoms with van der Waals surface area (Å²) in [5.41, 5.74) is -0.295. The van der Waals surface area contributed by atoms with Crippen LogP contribution in [0.15, 0.2) is 89.6 Å². The summed E-state index contributed by atoms with van der Waals surface area (Å²) in [6.45, 7) is -4.93. The maximum atomic E-state index is 8.71. The van der Waals surface area contributed by atoms with Gasteiger partial charge in [0, 0.05) is 76.1 Å². The average Bonchev–Trinajstić information content (AvgIpc) is 3.65. The molecule has 4 aromatic carbocycles. The number of hydrogen-bond acceptors (Lipinski definition) is 3. The largest absolute Gasteiger partial charge is 0.500 e. The smallest absolute Gasteiger partial charge is 0.123 e. The molecule has 0 aliphatic heterocycles. The fraction of sp³-hybridized carbons (Fsp3) is 0.306. The quantitative estimate of drug-likeness (QED) is 0.123. The molecule has 0 saturated carbocycles. The Morgan fingerprint density at radius 3 is 2.15 bits per heavy atom. The molecule has 3 aromatic heterocycles. The summed E-state index contributed by atoms with van der Waals surface area (Å²) >= 11 is 0. The summed E-state index contributed by atoms with van der Waals surface area (Å²) in [4.78, 5) is 8.56. The summed E-state index contributed by atoms with van der Waals surface area (Å²) in [5, 5.41) is 0.614. The molecule has 0 unspecified atom stereocenters. The summed E-state index contributed by atoms with van der Waals surface area (Å²) < 4.78 is 184. The van der Waals surface area contributed by atoms with Gasteiger partial charge in [-0.15, -0.1) is 53.6 Å². The van der Waals surface area contributed by atoms with Crippen molar-refractivity contribution in [3.8, 4) is 33.6 Å². The minimum absolute atomic E-state index is 0. The molecule has 0 aliphatic rings. The molecule has 0 aliphatic carbocycles. The monoisotopic (exact) mass is 930 g/mol. The third kappa shape index (κ3) is 9.55. The summed E-state index contributed by atoms with van der Waals surface area (Å²) in [6.07, 6.45) is 0.376. The number of pyridine rings is 2. The van der Waals surface area contributed by atoms with Gasteiger partial charge >= 0.3 is 0 Å². The van der Waals surface area contributed by atoms with Gasteiger partial charge in [0.05, 0.1) is 5.58 Å². The second kappa shape index (κ2) is 16.3. The Hall–Kier alpha value is -4.15. The number of furan rings is 1. The van der Waals surface area contributed by atoms with Gasteiger partial charge in [-0.25, -0.2) is 0 Å². The number of nitrogens with zero attached hydrogens (tertiary/aromatic N) is 2. The van der Waals surface area contributed by atoms with Crippen molar-refractivity contribution < 1.29 is 54.7 Å². The topological polar surface area (TPSA) is 38.9 Å². The molecule has 54 heavy (non-hydrogen) atoms. The molecule has 7 aromatic rings. The van der Waals surface area contributed by atoms with Crippen LogP contribution < -0.4 is 0 Å². The van der Waals surface area contributed by atoms with Crippen LogP contribution in [0.25, 0.3) is 55.6 Å². The van der Waals surface area contributed by atoms with E-state index in [2.05, 4.69) is 22.1 Å². The van der Waals surface area contributed by atoms with Gasteiger partial charge in [-0.05, 0) is 108 Å². The van der Waals surface area contributed by atoms with Crippen LogP contribution in [0.4, 0.5) is 0 Å². The standard InChI is InChI=1S/C32H32NO.C17H22NSi.Ir/c1-19-13-21(3)30-28(14-19)25-9-8-10-26(31(25)34-30)29-16-27(22(4)18-33-29)24-12-11-23(15-20(24)2)17-32(5,6)7;1-13-6-8-15(9-7-13)17-10-16(12-19(3,4)5)14(2)11-18-17;/h8-9,11-16,18H,17H2,1-7H3;6-8,10-11H,12H2,1-5H3;/q2*-1;/i1D3,2D3,3D3,4D3,17D2;1D3,2D3,12D2;. The maximum absolute atomic E-state index is 8.71. The number of fused-ring (bicyclic) bond motifs is 3. The van der Waals surface area contributed by atoms with Crippen LogP contribution in [0.1, 0.15) is 95.4 Å². The van der Waals surface area contributed by atoms with Crippen LogP contribution >= 0.6 is 0 Å². The van der Waals surface area contributed by atoms with Gasteiger partial charge in [0.2, 0.25) is 0 Å². The van der Waals surface area contributed by atoms with E-state index in [-0.39, 0.29) is 104 Å². The number of aryl methyl sites for hydroxylation is 6. The minimum atomic E-state index is -2.76. The van der Waals surface area contributed by atoms with Crippen molar-refractivity contribution in [1.82, 2.24) is 9.97 Å². The first kappa shape index (κ1) is 20.7.